The number of aryl methyl sites for hydroxylation is 2. The second kappa shape index (κ2) is 8.89. The van der Waals surface area contributed by atoms with Crippen LogP contribution in [0.3, 0.4) is 0 Å². The molecular formula is C22H30N4O4. The number of anilines is 2. The Hall–Kier alpha value is -2.84. The number of nitrogens with zero attached hydrogens (tertiary/aromatic N) is 2. The van der Waals surface area contributed by atoms with Gasteiger partial charge in [0.25, 0.3) is 5.56 Å². The van der Waals surface area contributed by atoms with Crippen molar-refractivity contribution in [2.75, 3.05) is 23.4 Å². The molecule has 0 spiro atoms. The summed E-state index contributed by atoms with van der Waals surface area (Å²) >= 11 is 0. The topological polar surface area (TPSA) is 107 Å². The van der Waals surface area contributed by atoms with Gasteiger partial charge in [-0.2, -0.15) is 0 Å². The monoisotopic (exact) mass is 414 g/mol. The highest BCUT2D eigenvalue weighted by Gasteiger charge is 2.30. The van der Waals surface area contributed by atoms with Crippen LogP contribution in [-0.2, 0) is 18.4 Å². The number of pyridine rings is 1. The van der Waals surface area contributed by atoms with Crippen LogP contribution in [0.2, 0.25) is 0 Å². The van der Waals surface area contributed by atoms with Crippen molar-refractivity contribution >= 4 is 17.3 Å². The average Bonchev–Trinajstić information content (AvgIpc) is 3.03. The number of fused-ring (bicyclic) bond motifs is 1. The van der Waals surface area contributed by atoms with Crippen LogP contribution >= 0.6 is 0 Å². The summed E-state index contributed by atoms with van der Waals surface area (Å²) in [5.41, 5.74) is 4.40. The predicted molar refractivity (Wildman–Crippen MR) is 117 cm³/mol. The van der Waals surface area contributed by atoms with Crippen molar-refractivity contribution in [3.63, 3.8) is 0 Å². The molecule has 0 bridgehead atoms. The SMILES string of the molecule is Cc1cc(C2Nc3cc(CNC(C(=O)O)C(C)C)ccc3N2CCO)cn(C)c1=O. The number of hydrogen-bond acceptors (Lipinski definition) is 6. The number of carboxylic acid groups (broad SMARTS) is 1. The van der Waals surface area contributed by atoms with Gasteiger partial charge in [-0.25, -0.2) is 0 Å². The first kappa shape index (κ1) is 21.9. The normalized spacial score (nSPS) is 16.5. The Morgan fingerprint density at radius 3 is 2.63 bits per heavy atom. The van der Waals surface area contributed by atoms with Gasteiger partial charge in [-0.3, -0.25) is 9.59 Å². The van der Waals surface area contributed by atoms with Gasteiger partial charge in [0, 0.05) is 37.5 Å². The van der Waals surface area contributed by atoms with E-state index < -0.39 is 12.0 Å². The summed E-state index contributed by atoms with van der Waals surface area (Å²) in [7, 11) is 1.73. The highest BCUT2D eigenvalue weighted by molar-refractivity contribution is 5.77. The predicted octanol–water partition coefficient (Wildman–Crippen LogP) is 1.82. The van der Waals surface area contributed by atoms with Crippen LogP contribution in [0.1, 0.15) is 36.7 Å². The van der Waals surface area contributed by atoms with Gasteiger partial charge in [-0.05, 0) is 36.6 Å². The van der Waals surface area contributed by atoms with Crippen LogP contribution in [0.4, 0.5) is 11.4 Å². The fraction of sp³-hybridized carbons (Fsp3) is 0.455. The van der Waals surface area contributed by atoms with Gasteiger partial charge in [0.1, 0.15) is 12.2 Å². The van der Waals surface area contributed by atoms with E-state index >= 15 is 0 Å². The van der Waals surface area contributed by atoms with Gasteiger partial charge in [-0.1, -0.05) is 19.9 Å². The Balaban J connectivity index is 1.86. The summed E-state index contributed by atoms with van der Waals surface area (Å²) in [5.74, 6) is -0.879. The summed E-state index contributed by atoms with van der Waals surface area (Å²) in [4.78, 5) is 25.6. The molecule has 0 amide bonds. The highest BCUT2D eigenvalue weighted by atomic mass is 16.4. The van der Waals surface area contributed by atoms with Crippen molar-refractivity contribution in [1.29, 1.82) is 0 Å². The van der Waals surface area contributed by atoms with Crippen LogP contribution in [0.15, 0.2) is 35.3 Å². The Morgan fingerprint density at radius 1 is 1.30 bits per heavy atom. The minimum Gasteiger partial charge on any atom is -0.480 e. The first-order chi connectivity index (χ1) is 14.2. The number of aliphatic hydroxyl groups excluding tert-OH is 1. The minimum atomic E-state index is -0.858. The van der Waals surface area contributed by atoms with Gasteiger partial charge in [0.15, 0.2) is 0 Å². The second-order valence-electron chi connectivity index (χ2n) is 8.13. The third-order valence-electron chi connectivity index (χ3n) is 5.47. The summed E-state index contributed by atoms with van der Waals surface area (Å²) in [6.07, 6.45) is 1.61. The zero-order valence-corrected chi connectivity index (χ0v) is 17.8. The largest absolute Gasteiger partial charge is 0.480 e. The lowest BCUT2D eigenvalue weighted by Crippen LogP contribution is -2.40. The molecule has 0 fully saturated rings. The summed E-state index contributed by atoms with van der Waals surface area (Å²) in [6, 6.07) is 7.21. The molecule has 8 nitrogen and oxygen atoms in total. The number of aliphatic hydroxyl groups is 1. The number of benzene rings is 1. The van der Waals surface area contributed by atoms with Crippen molar-refractivity contribution in [3.05, 3.63) is 57.5 Å². The zero-order chi connectivity index (χ0) is 22.0. The number of aliphatic carboxylic acids is 1. The number of hydrogen-bond donors (Lipinski definition) is 4. The highest BCUT2D eigenvalue weighted by Crippen LogP contribution is 2.41. The van der Waals surface area contributed by atoms with E-state index in [0.29, 0.717) is 18.7 Å². The third kappa shape index (κ3) is 4.34. The molecule has 1 aliphatic heterocycles. The lowest BCUT2D eigenvalue weighted by molar-refractivity contribution is -0.140. The quantitative estimate of drug-likeness (QED) is 0.522. The molecule has 1 aliphatic rings. The summed E-state index contributed by atoms with van der Waals surface area (Å²) in [6.45, 7) is 6.43. The molecular weight excluding hydrogens is 384 g/mol. The van der Waals surface area contributed by atoms with Crippen LogP contribution < -0.4 is 21.1 Å². The van der Waals surface area contributed by atoms with E-state index in [-0.39, 0.29) is 24.2 Å². The molecule has 2 heterocycles. The van der Waals surface area contributed by atoms with Crippen molar-refractivity contribution in [2.45, 2.75) is 39.5 Å². The molecule has 0 radical (unpaired) electrons. The van der Waals surface area contributed by atoms with Crippen molar-refractivity contribution in [3.8, 4) is 0 Å². The standard InChI is InChI=1S/C22H30N4O4/c1-13(2)19(22(29)30)23-11-15-5-6-18-17(10-15)24-20(26(18)7-8-27)16-9-14(3)21(28)25(4)12-16/h5-6,9-10,12-13,19-20,23-24,27H,7-8,11H2,1-4H3,(H,29,30). The van der Waals surface area contributed by atoms with Crippen LogP contribution in [-0.4, -0.2) is 39.9 Å². The average molecular weight is 415 g/mol. The van der Waals surface area contributed by atoms with Gasteiger partial charge in [0.2, 0.25) is 0 Å². The van der Waals surface area contributed by atoms with E-state index in [1.54, 1.807) is 18.5 Å². The maximum absolute atomic E-state index is 12.1. The smallest absolute Gasteiger partial charge is 0.320 e. The lowest BCUT2D eigenvalue weighted by atomic mass is 10.0. The van der Waals surface area contributed by atoms with E-state index in [4.69, 9.17) is 0 Å². The molecule has 1 aromatic carbocycles. The number of carbonyl (C=O) groups is 1. The first-order valence-corrected chi connectivity index (χ1v) is 10.1. The molecule has 30 heavy (non-hydrogen) atoms. The van der Waals surface area contributed by atoms with Gasteiger partial charge in [-0.15, -0.1) is 0 Å². The number of rotatable bonds is 8. The van der Waals surface area contributed by atoms with E-state index in [1.807, 2.05) is 44.3 Å². The molecule has 0 saturated heterocycles. The zero-order valence-electron chi connectivity index (χ0n) is 17.8. The molecule has 162 valence electrons. The van der Waals surface area contributed by atoms with Crippen LogP contribution in [0.25, 0.3) is 0 Å². The maximum atomic E-state index is 12.1. The molecule has 3 rings (SSSR count). The van der Waals surface area contributed by atoms with Crippen LogP contribution in [0.5, 0.6) is 0 Å². The van der Waals surface area contributed by atoms with Gasteiger partial charge >= 0.3 is 5.97 Å². The first-order valence-electron chi connectivity index (χ1n) is 10.1. The third-order valence-corrected chi connectivity index (χ3v) is 5.47. The van der Waals surface area contributed by atoms with Gasteiger partial charge < -0.3 is 30.3 Å². The molecule has 2 aromatic rings. The molecule has 1 aromatic heterocycles. The van der Waals surface area contributed by atoms with E-state index in [1.165, 1.54) is 0 Å². The van der Waals surface area contributed by atoms with Gasteiger partial charge in [0.05, 0.1) is 18.0 Å². The van der Waals surface area contributed by atoms with E-state index in [2.05, 4.69) is 15.5 Å². The lowest BCUT2D eigenvalue weighted by Gasteiger charge is -2.27. The molecule has 0 aliphatic carbocycles. The number of nitrogens with one attached hydrogen (secondary N) is 2. The molecule has 0 saturated carbocycles. The molecule has 2 atom stereocenters. The fourth-order valence-electron chi connectivity index (χ4n) is 3.94. The Kier molecular flexibility index (Phi) is 6.48. The number of carboxylic acids is 1. The maximum Gasteiger partial charge on any atom is 0.320 e. The molecule has 8 heteroatoms. The minimum absolute atomic E-state index is 0.000350. The van der Waals surface area contributed by atoms with Crippen LogP contribution in [0, 0.1) is 12.8 Å². The summed E-state index contributed by atoms with van der Waals surface area (Å²) < 4.78 is 1.57. The van der Waals surface area contributed by atoms with Crippen molar-refractivity contribution in [2.24, 2.45) is 13.0 Å². The van der Waals surface area contributed by atoms with Crippen molar-refractivity contribution in [1.82, 2.24) is 9.88 Å². The molecule has 4 N–H and O–H groups in total. The number of β-amino-alcohol motifs (C(OH)–C–C–N with tert-alkyl or cyclic N) is 1. The van der Waals surface area contributed by atoms with E-state index in [9.17, 15) is 19.8 Å². The second-order valence-corrected chi connectivity index (χ2v) is 8.13. The van der Waals surface area contributed by atoms with E-state index in [0.717, 1.165) is 22.5 Å². The number of aromatic nitrogens is 1. The molecule has 2 unspecified atom stereocenters. The Labute approximate surface area is 176 Å². The van der Waals surface area contributed by atoms with Crippen molar-refractivity contribution < 1.29 is 15.0 Å². The summed E-state index contributed by atoms with van der Waals surface area (Å²) in [5, 5.41) is 25.5. The fourth-order valence-corrected chi connectivity index (χ4v) is 3.94. The Morgan fingerprint density at radius 2 is 2.03 bits per heavy atom. The Bertz CT molecular complexity index is 959.